The van der Waals surface area contributed by atoms with Gasteiger partial charge in [-0.25, -0.2) is 4.79 Å². The summed E-state index contributed by atoms with van der Waals surface area (Å²) < 4.78 is 10.5. The summed E-state index contributed by atoms with van der Waals surface area (Å²) in [6.45, 7) is 7.84. The van der Waals surface area contributed by atoms with Crippen molar-refractivity contribution in [1.82, 2.24) is 4.98 Å². The smallest absolute Gasteiger partial charge is 0.341 e. The molecule has 0 spiro atoms. The van der Waals surface area contributed by atoms with Crippen LogP contribution in [0.5, 0.6) is 5.75 Å². The monoisotopic (exact) mass is 302 g/mol. The Balaban J connectivity index is 2.73. The molecule has 1 aromatic carbocycles. The van der Waals surface area contributed by atoms with Gasteiger partial charge < -0.3 is 14.4 Å². The molecular formula is C17H22N2O3. The van der Waals surface area contributed by atoms with Crippen LogP contribution < -0.4 is 9.64 Å². The number of anilines is 1. The Labute approximate surface area is 130 Å². The van der Waals surface area contributed by atoms with E-state index < -0.39 is 0 Å². The Morgan fingerprint density at radius 1 is 1.23 bits per heavy atom. The molecule has 118 valence electrons. The molecule has 2 rings (SSSR count). The van der Waals surface area contributed by atoms with Gasteiger partial charge in [0.05, 0.1) is 24.9 Å². The van der Waals surface area contributed by atoms with E-state index in [-0.39, 0.29) is 5.97 Å². The third-order valence-electron chi connectivity index (χ3n) is 3.62. The van der Waals surface area contributed by atoms with Gasteiger partial charge in [0.1, 0.15) is 11.3 Å². The number of rotatable bonds is 6. The van der Waals surface area contributed by atoms with Gasteiger partial charge in [-0.05, 0) is 39.0 Å². The normalized spacial score (nSPS) is 10.5. The highest BCUT2D eigenvalue weighted by atomic mass is 16.5. The van der Waals surface area contributed by atoms with Gasteiger partial charge in [0.15, 0.2) is 0 Å². The topological polar surface area (TPSA) is 51.7 Å². The van der Waals surface area contributed by atoms with E-state index in [0.717, 1.165) is 35.4 Å². The first-order chi connectivity index (χ1) is 10.7. The Morgan fingerprint density at radius 2 is 1.95 bits per heavy atom. The molecule has 0 fully saturated rings. The summed E-state index contributed by atoms with van der Waals surface area (Å²) in [6.07, 6.45) is 1.60. The SMILES string of the molecule is CCOC(=O)c1cnc2ccc(OC)cc2c1N(CC)CC. The van der Waals surface area contributed by atoms with Crippen LogP contribution in [-0.4, -0.2) is 37.8 Å². The zero-order valence-corrected chi connectivity index (χ0v) is 13.5. The first-order valence-electron chi connectivity index (χ1n) is 7.55. The molecule has 0 aliphatic heterocycles. The minimum atomic E-state index is -0.346. The van der Waals surface area contributed by atoms with Crippen molar-refractivity contribution in [3.05, 3.63) is 30.0 Å². The third-order valence-corrected chi connectivity index (χ3v) is 3.62. The van der Waals surface area contributed by atoms with E-state index in [2.05, 4.69) is 23.7 Å². The van der Waals surface area contributed by atoms with E-state index in [1.54, 1.807) is 20.2 Å². The number of hydrogen-bond acceptors (Lipinski definition) is 5. The summed E-state index contributed by atoms with van der Waals surface area (Å²) in [6, 6.07) is 5.68. The molecule has 0 aliphatic carbocycles. The molecular weight excluding hydrogens is 280 g/mol. The molecule has 0 bridgehead atoms. The van der Waals surface area contributed by atoms with Gasteiger partial charge in [0.2, 0.25) is 0 Å². The maximum Gasteiger partial charge on any atom is 0.341 e. The van der Waals surface area contributed by atoms with Gasteiger partial charge in [-0.15, -0.1) is 0 Å². The van der Waals surface area contributed by atoms with Gasteiger partial charge in [0.25, 0.3) is 0 Å². The second-order valence-electron chi connectivity index (χ2n) is 4.80. The van der Waals surface area contributed by atoms with Crippen molar-refractivity contribution < 1.29 is 14.3 Å². The third kappa shape index (κ3) is 2.98. The number of benzene rings is 1. The Hall–Kier alpha value is -2.30. The molecule has 0 atom stereocenters. The highest BCUT2D eigenvalue weighted by Crippen LogP contribution is 2.32. The van der Waals surface area contributed by atoms with Gasteiger partial charge in [0, 0.05) is 24.7 Å². The number of pyridine rings is 1. The van der Waals surface area contributed by atoms with E-state index in [1.165, 1.54) is 0 Å². The molecule has 0 N–H and O–H groups in total. The van der Waals surface area contributed by atoms with Crippen molar-refractivity contribution in [2.24, 2.45) is 0 Å². The Morgan fingerprint density at radius 3 is 2.55 bits per heavy atom. The molecule has 0 saturated heterocycles. The first kappa shape index (κ1) is 16.1. The Kier molecular flexibility index (Phi) is 5.20. The lowest BCUT2D eigenvalue weighted by atomic mass is 10.1. The highest BCUT2D eigenvalue weighted by molar-refractivity contribution is 6.05. The number of fused-ring (bicyclic) bond motifs is 1. The van der Waals surface area contributed by atoms with E-state index in [1.807, 2.05) is 18.2 Å². The maximum atomic E-state index is 12.3. The summed E-state index contributed by atoms with van der Waals surface area (Å²) in [5.41, 5.74) is 2.18. The van der Waals surface area contributed by atoms with Crippen LogP contribution in [-0.2, 0) is 4.74 Å². The average molecular weight is 302 g/mol. The largest absolute Gasteiger partial charge is 0.497 e. The lowest BCUT2D eigenvalue weighted by Gasteiger charge is -2.25. The van der Waals surface area contributed by atoms with Crippen LogP contribution in [0.25, 0.3) is 10.9 Å². The van der Waals surface area contributed by atoms with Gasteiger partial charge >= 0.3 is 5.97 Å². The molecule has 0 aliphatic rings. The molecule has 5 heteroatoms. The lowest BCUT2D eigenvalue weighted by molar-refractivity contribution is 0.0527. The van der Waals surface area contributed by atoms with Crippen LogP contribution in [0.3, 0.4) is 0 Å². The Bertz CT molecular complexity index is 666. The fraction of sp³-hybridized carbons (Fsp3) is 0.412. The van der Waals surface area contributed by atoms with Crippen LogP contribution in [0.4, 0.5) is 5.69 Å². The van der Waals surface area contributed by atoms with Crippen molar-refractivity contribution in [2.45, 2.75) is 20.8 Å². The molecule has 0 amide bonds. The van der Waals surface area contributed by atoms with Crippen molar-refractivity contribution in [3.8, 4) is 5.75 Å². The maximum absolute atomic E-state index is 12.3. The summed E-state index contributed by atoms with van der Waals surface area (Å²) in [5.74, 6) is 0.394. The van der Waals surface area contributed by atoms with E-state index in [4.69, 9.17) is 9.47 Å². The predicted molar refractivity (Wildman–Crippen MR) is 87.8 cm³/mol. The number of carbonyl (C=O) groups is 1. The molecule has 5 nitrogen and oxygen atoms in total. The summed E-state index contributed by atoms with van der Waals surface area (Å²) in [7, 11) is 1.63. The number of ether oxygens (including phenoxy) is 2. The number of hydrogen-bond donors (Lipinski definition) is 0. The van der Waals surface area contributed by atoms with E-state index >= 15 is 0 Å². The minimum Gasteiger partial charge on any atom is -0.497 e. The average Bonchev–Trinajstić information content (AvgIpc) is 2.55. The van der Waals surface area contributed by atoms with Crippen LogP contribution >= 0.6 is 0 Å². The molecule has 0 saturated carbocycles. The van der Waals surface area contributed by atoms with Crippen molar-refractivity contribution in [3.63, 3.8) is 0 Å². The van der Waals surface area contributed by atoms with Crippen molar-refractivity contribution in [1.29, 1.82) is 0 Å². The van der Waals surface area contributed by atoms with Crippen LogP contribution in [0.15, 0.2) is 24.4 Å². The lowest BCUT2D eigenvalue weighted by Crippen LogP contribution is -2.25. The second-order valence-corrected chi connectivity index (χ2v) is 4.80. The molecule has 1 aromatic heterocycles. The molecule has 22 heavy (non-hydrogen) atoms. The number of aromatic nitrogens is 1. The summed E-state index contributed by atoms with van der Waals surface area (Å²) in [5, 5.41) is 0.897. The zero-order valence-electron chi connectivity index (χ0n) is 13.5. The van der Waals surface area contributed by atoms with Crippen molar-refractivity contribution in [2.75, 3.05) is 31.7 Å². The number of methoxy groups -OCH3 is 1. The predicted octanol–water partition coefficient (Wildman–Crippen LogP) is 3.27. The van der Waals surface area contributed by atoms with E-state index in [0.29, 0.717) is 12.2 Å². The van der Waals surface area contributed by atoms with Gasteiger partial charge in [-0.2, -0.15) is 0 Å². The standard InChI is InChI=1S/C17H22N2O3/c1-5-19(6-2)16-13-10-12(21-4)8-9-15(13)18-11-14(16)17(20)22-7-3/h8-11H,5-7H2,1-4H3. The van der Waals surface area contributed by atoms with Crippen LogP contribution in [0.2, 0.25) is 0 Å². The summed E-state index contributed by atoms with van der Waals surface area (Å²) in [4.78, 5) is 18.8. The van der Waals surface area contributed by atoms with Crippen molar-refractivity contribution >= 4 is 22.6 Å². The molecule has 0 unspecified atom stereocenters. The molecule has 1 heterocycles. The zero-order chi connectivity index (χ0) is 16.1. The number of carbonyl (C=O) groups excluding carboxylic acids is 1. The van der Waals surface area contributed by atoms with Crippen LogP contribution in [0.1, 0.15) is 31.1 Å². The summed E-state index contributed by atoms with van der Waals surface area (Å²) >= 11 is 0. The first-order valence-corrected chi connectivity index (χ1v) is 7.55. The van der Waals surface area contributed by atoms with E-state index in [9.17, 15) is 4.79 Å². The molecule has 2 aromatic rings. The molecule has 0 radical (unpaired) electrons. The second kappa shape index (κ2) is 7.11. The number of esters is 1. The minimum absolute atomic E-state index is 0.340. The van der Waals surface area contributed by atoms with Gasteiger partial charge in [-0.1, -0.05) is 0 Å². The quantitative estimate of drug-likeness (QED) is 0.767. The van der Waals surface area contributed by atoms with Gasteiger partial charge in [-0.3, -0.25) is 4.98 Å². The highest BCUT2D eigenvalue weighted by Gasteiger charge is 2.20. The fourth-order valence-electron chi connectivity index (χ4n) is 2.52. The number of nitrogens with zero attached hydrogens (tertiary/aromatic N) is 2. The van der Waals surface area contributed by atoms with Crippen LogP contribution in [0, 0.1) is 0 Å². The fourth-order valence-corrected chi connectivity index (χ4v) is 2.52.